The zero-order valence-electron chi connectivity index (χ0n) is 15.3. The summed E-state index contributed by atoms with van der Waals surface area (Å²) < 4.78 is 5.12. The van der Waals surface area contributed by atoms with E-state index >= 15 is 0 Å². The summed E-state index contributed by atoms with van der Waals surface area (Å²) in [4.78, 5) is 13.4. The van der Waals surface area contributed by atoms with Gasteiger partial charge in [-0.05, 0) is 66.8 Å². The Morgan fingerprint density at radius 3 is 2.32 bits per heavy atom. The molecule has 0 saturated carbocycles. The second kappa shape index (κ2) is 9.92. The molecule has 3 rings (SSSR count). The summed E-state index contributed by atoms with van der Waals surface area (Å²) in [7, 11) is 1.61. The molecule has 28 heavy (non-hydrogen) atoms. The van der Waals surface area contributed by atoms with Gasteiger partial charge in [0.2, 0.25) is 0 Å². The number of hydrogen-bond donors (Lipinski definition) is 2. The summed E-state index contributed by atoms with van der Waals surface area (Å²) >= 11 is 6.85. The van der Waals surface area contributed by atoms with E-state index in [0.717, 1.165) is 22.0 Å². The van der Waals surface area contributed by atoms with Crippen molar-refractivity contribution in [3.05, 3.63) is 84.4 Å². The van der Waals surface area contributed by atoms with Crippen LogP contribution in [-0.4, -0.2) is 23.8 Å². The van der Waals surface area contributed by atoms with Gasteiger partial charge in [-0.15, -0.1) is 11.8 Å². The number of ketones is 1. The Labute approximate surface area is 174 Å². The Balaban J connectivity index is 1.55. The third-order valence-corrected chi connectivity index (χ3v) is 5.10. The van der Waals surface area contributed by atoms with Gasteiger partial charge in [0.25, 0.3) is 0 Å². The van der Waals surface area contributed by atoms with E-state index in [1.165, 1.54) is 11.8 Å². The highest BCUT2D eigenvalue weighted by Crippen LogP contribution is 2.23. The van der Waals surface area contributed by atoms with Crippen molar-refractivity contribution in [2.24, 2.45) is 0 Å². The fourth-order valence-corrected chi connectivity index (χ4v) is 3.57. The van der Waals surface area contributed by atoms with Crippen LogP contribution >= 0.6 is 24.0 Å². The molecule has 0 amide bonds. The summed E-state index contributed by atoms with van der Waals surface area (Å²) in [5, 5.41) is 6.83. The first-order chi connectivity index (χ1) is 13.6. The second-order valence-electron chi connectivity index (χ2n) is 5.91. The summed E-state index contributed by atoms with van der Waals surface area (Å²) in [6.07, 6.45) is 0. The van der Waals surface area contributed by atoms with Crippen LogP contribution in [0.2, 0.25) is 0 Å². The number of Topliss-reactive ketones (excluding diaryl/α,β-unsaturated/α-hetero) is 1. The number of hydrogen-bond acceptors (Lipinski definition) is 4. The van der Waals surface area contributed by atoms with Crippen LogP contribution in [0.1, 0.15) is 10.4 Å². The maximum Gasteiger partial charge on any atom is 0.175 e. The predicted octanol–water partition coefficient (Wildman–Crippen LogP) is 5.48. The minimum absolute atomic E-state index is 0.0762. The molecular formula is C22H20N2O2S2. The lowest BCUT2D eigenvalue weighted by Gasteiger charge is -2.11. The number of anilines is 2. The van der Waals surface area contributed by atoms with Crippen molar-refractivity contribution in [3.63, 3.8) is 0 Å². The lowest BCUT2D eigenvalue weighted by molar-refractivity contribution is 0.102. The summed E-state index contributed by atoms with van der Waals surface area (Å²) in [6.45, 7) is 0. The molecule has 0 atom stereocenters. The van der Waals surface area contributed by atoms with Crippen LogP contribution < -0.4 is 15.4 Å². The van der Waals surface area contributed by atoms with Crippen molar-refractivity contribution in [1.82, 2.24) is 0 Å². The molecule has 0 aliphatic heterocycles. The predicted molar refractivity (Wildman–Crippen MR) is 121 cm³/mol. The van der Waals surface area contributed by atoms with Gasteiger partial charge in [-0.2, -0.15) is 0 Å². The lowest BCUT2D eigenvalue weighted by atomic mass is 10.1. The van der Waals surface area contributed by atoms with Gasteiger partial charge in [0, 0.05) is 21.8 Å². The van der Waals surface area contributed by atoms with Crippen molar-refractivity contribution in [2.75, 3.05) is 23.5 Å². The second-order valence-corrected chi connectivity index (χ2v) is 7.37. The van der Waals surface area contributed by atoms with Crippen LogP contribution in [0.25, 0.3) is 0 Å². The van der Waals surface area contributed by atoms with Crippen molar-refractivity contribution >= 4 is 46.3 Å². The molecule has 142 valence electrons. The van der Waals surface area contributed by atoms with E-state index in [2.05, 4.69) is 10.6 Å². The number of rotatable bonds is 7. The standard InChI is InChI=1S/C22H20N2O2S2/c1-26-19-12-10-16(11-13-19)21(25)15-28-20-9-5-8-18(14-20)24-22(27)23-17-6-3-2-4-7-17/h2-14H,15H2,1H3,(H2,23,24,27). The maximum absolute atomic E-state index is 12.4. The van der Waals surface area contributed by atoms with Gasteiger partial charge >= 0.3 is 0 Å². The Morgan fingerprint density at radius 2 is 1.61 bits per heavy atom. The maximum atomic E-state index is 12.4. The SMILES string of the molecule is COc1ccc(C(=O)CSc2cccc(NC(=S)Nc3ccccc3)c2)cc1. The highest BCUT2D eigenvalue weighted by atomic mass is 32.2. The largest absolute Gasteiger partial charge is 0.497 e. The number of benzene rings is 3. The highest BCUT2D eigenvalue weighted by Gasteiger charge is 2.08. The van der Waals surface area contributed by atoms with Crippen LogP contribution in [0.5, 0.6) is 5.75 Å². The molecule has 0 radical (unpaired) electrons. The third kappa shape index (κ3) is 5.84. The molecule has 0 aromatic heterocycles. The topological polar surface area (TPSA) is 50.4 Å². The molecule has 2 N–H and O–H groups in total. The molecular weight excluding hydrogens is 388 g/mol. The first-order valence-corrected chi connectivity index (χ1v) is 10.1. The number of nitrogens with one attached hydrogen (secondary N) is 2. The van der Waals surface area contributed by atoms with E-state index in [1.54, 1.807) is 31.4 Å². The van der Waals surface area contributed by atoms with Crippen molar-refractivity contribution < 1.29 is 9.53 Å². The summed E-state index contributed by atoms with van der Waals surface area (Å²) in [6, 6.07) is 24.7. The number of thioether (sulfide) groups is 1. The third-order valence-electron chi connectivity index (χ3n) is 3.91. The molecule has 0 aliphatic carbocycles. The molecule has 0 bridgehead atoms. The van der Waals surface area contributed by atoms with Crippen LogP contribution in [-0.2, 0) is 0 Å². The van der Waals surface area contributed by atoms with Gasteiger partial charge in [0.05, 0.1) is 12.9 Å². The molecule has 0 fully saturated rings. The zero-order chi connectivity index (χ0) is 19.8. The number of ether oxygens (including phenoxy) is 1. The summed E-state index contributed by atoms with van der Waals surface area (Å²) in [5.74, 6) is 1.18. The van der Waals surface area contributed by atoms with Crippen molar-refractivity contribution in [2.45, 2.75) is 4.90 Å². The number of carbonyl (C=O) groups is 1. The average molecular weight is 409 g/mol. The van der Waals surface area contributed by atoms with E-state index < -0.39 is 0 Å². The molecule has 0 aliphatic rings. The molecule has 0 heterocycles. The first-order valence-electron chi connectivity index (χ1n) is 8.67. The molecule has 4 nitrogen and oxygen atoms in total. The van der Waals surface area contributed by atoms with E-state index in [9.17, 15) is 4.79 Å². The van der Waals surface area contributed by atoms with Gasteiger partial charge in [-0.3, -0.25) is 4.79 Å². The molecule has 0 saturated heterocycles. The monoisotopic (exact) mass is 408 g/mol. The molecule has 0 spiro atoms. The van der Waals surface area contributed by atoms with E-state index in [1.807, 2.05) is 54.6 Å². The Kier molecular flexibility index (Phi) is 7.06. The van der Waals surface area contributed by atoms with Crippen LogP contribution in [0.15, 0.2) is 83.8 Å². The highest BCUT2D eigenvalue weighted by molar-refractivity contribution is 8.00. The summed E-state index contributed by atoms with van der Waals surface area (Å²) in [5.41, 5.74) is 2.47. The fourth-order valence-electron chi connectivity index (χ4n) is 2.49. The average Bonchev–Trinajstić information content (AvgIpc) is 2.73. The van der Waals surface area contributed by atoms with E-state index in [0.29, 0.717) is 16.4 Å². The molecule has 3 aromatic carbocycles. The Hall–Kier alpha value is -2.83. The van der Waals surface area contributed by atoms with Gasteiger partial charge in [0.1, 0.15) is 5.75 Å². The number of thiocarbonyl (C=S) groups is 1. The first kappa shape index (κ1) is 19.9. The number of para-hydroxylation sites is 1. The van der Waals surface area contributed by atoms with Gasteiger partial charge in [-0.25, -0.2) is 0 Å². The quantitative estimate of drug-likeness (QED) is 0.307. The van der Waals surface area contributed by atoms with Crippen LogP contribution in [0.3, 0.4) is 0 Å². The van der Waals surface area contributed by atoms with Crippen LogP contribution in [0, 0.1) is 0 Å². The van der Waals surface area contributed by atoms with Crippen molar-refractivity contribution in [1.29, 1.82) is 0 Å². The fraction of sp³-hybridized carbons (Fsp3) is 0.0909. The molecule has 0 unspecified atom stereocenters. The van der Waals surface area contributed by atoms with E-state index in [4.69, 9.17) is 17.0 Å². The minimum Gasteiger partial charge on any atom is -0.497 e. The van der Waals surface area contributed by atoms with E-state index in [-0.39, 0.29) is 5.78 Å². The van der Waals surface area contributed by atoms with Gasteiger partial charge in [-0.1, -0.05) is 24.3 Å². The molecule has 3 aromatic rings. The minimum atomic E-state index is 0.0762. The van der Waals surface area contributed by atoms with Gasteiger partial charge in [0.15, 0.2) is 10.9 Å². The molecule has 6 heteroatoms. The van der Waals surface area contributed by atoms with Crippen molar-refractivity contribution in [3.8, 4) is 5.75 Å². The number of methoxy groups -OCH3 is 1. The number of carbonyl (C=O) groups excluding carboxylic acids is 1. The zero-order valence-corrected chi connectivity index (χ0v) is 17.0. The normalized spacial score (nSPS) is 10.2. The Morgan fingerprint density at radius 1 is 0.929 bits per heavy atom. The van der Waals surface area contributed by atoms with Gasteiger partial charge < -0.3 is 15.4 Å². The Bertz CT molecular complexity index is 944. The smallest absolute Gasteiger partial charge is 0.175 e. The lowest BCUT2D eigenvalue weighted by Crippen LogP contribution is -2.18. The van der Waals surface area contributed by atoms with Crippen LogP contribution in [0.4, 0.5) is 11.4 Å².